The molecule has 1 heterocycles. The van der Waals surface area contributed by atoms with Crippen LogP contribution in [0.1, 0.15) is 19.5 Å². The van der Waals surface area contributed by atoms with E-state index in [0.29, 0.717) is 35.5 Å². The molecule has 26 heavy (non-hydrogen) atoms. The molecule has 7 nitrogen and oxygen atoms in total. The SMILES string of the molecule is COCCOc1ccc(NC(=O)Cc2csc(NC(=O)C(C)C)n2)cc1. The van der Waals surface area contributed by atoms with E-state index in [1.54, 1.807) is 36.8 Å². The Balaban J connectivity index is 1.83. The van der Waals surface area contributed by atoms with Crippen molar-refractivity contribution in [2.24, 2.45) is 5.92 Å². The molecule has 1 aromatic heterocycles. The summed E-state index contributed by atoms with van der Waals surface area (Å²) in [6.07, 6.45) is 0.139. The molecule has 0 spiro atoms. The maximum atomic E-state index is 12.1. The van der Waals surface area contributed by atoms with Crippen LogP contribution in [0.5, 0.6) is 5.75 Å². The number of hydrogen-bond acceptors (Lipinski definition) is 6. The topological polar surface area (TPSA) is 89.5 Å². The van der Waals surface area contributed by atoms with E-state index in [0.717, 1.165) is 0 Å². The number of carbonyl (C=O) groups excluding carboxylic acids is 2. The number of thiazole rings is 1. The highest BCUT2D eigenvalue weighted by Gasteiger charge is 2.12. The quantitative estimate of drug-likeness (QED) is 0.656. The molecule has 2 amide bonds. The lowest BCUT2D eigenvalue weighted by molar-refractivity contribution is -0.119. The van der Waals surface area contributed by atoms with Crippen molar-refractivity contribution in [1.82, 2.24) is 4.98 Å². The third-order valence-electron chi connectivity index (χ3n) is 3.34. The monoisotopic (exact) mass is 377 g/mol. The van der Waals surface area contributed by atoms with Crippen LogP contribution < -0.4 is 15.4 Å². The second-order valence-corrected chi connectivity index (χ2v) is 6.74. The highest BCUT2D eigenvalue weighted by molar-refractivity contribution is 7.13. The first-order valence-corrected chi connectivity index (χ1v) is 9.13. The summed E-state index contributed by atoms with van der Waals surface area (Å²) in [6.45, 7) is 4.61. The molecule has 0 aliphatic heterocycles. The van der Waals surface area contributed by atoms with E-state index in [4.69, 9.17) is 9.47 Å². The van der Waals surface area contributed by atoms with Gasteiger partial charge in [0.05, 0.1) is 18.7 Å². The van der Waals surface area contributed by atoms with Crippen molar-refractivity contribution in [3.05, 3.63) is 35.3 Å². The van der Waals surface area contributed by atoms with E-state index in [1.165, 1.54) is 11.3 Å². The van der Waals surface area contributed by atoms with Gasteiger partial charge in [-0.2, -0.15) is 0 Å². The minimum absolute atomic E-state index is 0.0943. The molecule has 0 saturated carbocycles. The summed E-state index contributed by atoms with van der Waals surface area (Å²) >= 11 is 1.31. The Labute approximate surface area is 156 Å². The van der Waals surface area contributed by atoms with Crippen LogP contribution in [-0.2, 0) is 20.7 Å². The fourth-order valence-electron chi connectivity index (χ4n) is 1.94. The van der Waals surface area contributed by atoms with Crippen LogP contribution >= 0.6 is 11.3 Å². The van der Waals surface area contributed by atoms with Gasteiger partial charge in [0.1, 0.15) is 12.4 Å². The maximum Gasteiger partial charge on any atom is 0.230 e. The standard InChI is InChI=1S/C18H23N3O4S/c1-12(2)17(23)21-18-20-14(11-26-18)10-16(22)19-13-4-6-15(7-5-13)25-9-8-24-3/h4-7,11-12H,8-10H2,1-3H3,(H,19,22)(H,20,21,23). The molecule has 0 saturated heterocycles. The number of methoxy groups -OCH3 is 1. The van der Waals surface area contributed by atoms with Crippen molar-refractivity contribution in [2.45, 2.75) is 20.3 Å². The minimum atomic E-state index is -0.176. The number of ether oxygens (including phenoxy) is 2. The van der Waals surface area contributed by atoms with Gasteiger partial charge in [0, 0.05) is 24.1 Å². The molecule has 0 fully saturated rings. The lowest BCUT2D eigenvalue weighted by atomic mass is 10.2. The number of carbonyl (C=O) groups is 2. The third kappa shape index (κ3) is 6.45. The van der Waals surface area contributed by atoms with Gasteiger partial charge in [-0.15, -0.1) is 11.3 Å². The first kappa shape index (κ1) is 19.9. The zero-order chi connectivity index (χ0) is 18.9. The second-order valence-electron chi connectivity index (χ2n) is 5.88. The Morgan fingerprint density at radius 3 is 2.54 bits per heavy atom. The highest BCUT2D eigenvalue weighted by Crippen LogP contribution is 2.18. The van der Waals surface area contributed by atoms with Gasteiger partial charge in [-0.05, 0) is 24.3 Å². The molecule has 2 N–H and O–H groups in total. The van der Waals surface area contributed by atoms with E-state index in [-0.39, 0.29) is 24.2 Å². The Kier molecular flexibility index (Phi) is 7.55. The summed E-state index contributed by atoms with van der Waals surface area (Å²) in [5, 5.41) is 7.81. The number of hydrogen-bond donors (Lipinski definition) is 2. The Morgan fingerprint density at radius 1 is 1.15 bits per heavy atom. The molecule has 0 unspecified atom stereocenters. The molecule has 0 radical (unpaired) electrons. The van der Waals surface area contributed by atoms with Crippen molar-refractivity contribution in [3.8, 4) is 5.75 Å². The molecule has 0 aliphatic rings. The summed E-state index contributed by atoms with van der Waals surface area (Å²) in [6, 6.07) is 7.12. The van der Waals surface area contributed by atoms with E-state index < -0.39 is 0 Å². The van der Waals surface area contributed by atoms with Gasteiger partial charge >= 0.3 is 0 Å². The van der Waals surface area contributed by atoms with Gasteiger partial charge in [0.2, 0.25) is 11.8 Å². The first-order chi connectivity index (χ1) is 12.5. The van der Waals surface area contributed by atoms with Crippen molar-refractivity contribution in [2.75, 3.05) is 31.0 Å². The van der Waals surface area contributed by atoms with Gasteiger partial charge < -0.3 is 20.1 Å². The number of nitrogens with one attached hydrogen (secondary N) is 2. The van der Waals surface area contributed by atoms with Gasteiger partial charge in [0.15, 0.2) is 5.13 Å². The summed E-state index contributed by atoms with van der Waals surface area (Å²) in [4.78, 5) is 28.1. The largest absolute Gasteiger partial charge is 0.491 e. The van der Waals surface area contributed by atoms with Gasteiger partial charge in [-0.25, -0.2) is 4.98 Å². The van der Waals surface area contributed by atoms with Crippen molar-refractivity contribution in [3.63, 3.8) is 0 Å². The fourth-order valence-corrected chi connectivity index (χ4v) is 2.66. The fraction of sp³-hybridized carbons (Fsp3) is 0.389. The molecular weight excluding hydrogens is 354 g/mol. The van der Waals surface area contributed by atoms with Crippen LogP contribution in [0.2, 0.25) is 0 Å². The summed E-state index contributed by atoms with van der Waals surface area (Å²) in [7, 11) is 1.62. The van der Waals surface area contributed by atoms with Crippen molar-refractivity contribution >= 4 is 34.0 Å². The van der Waals surface area contributed by atoms with Gasteiger partial charge in [-0.1, -0.05) is 13.8 Å². The Hall–Kier alpha value is -2.45. The van der Waals surface area contributed by atoms with Crippen LogP contribution in [0, 0.1) is 5.92 Å². The molecule has 8 heteroatoms. The highest BCUT2D eigenvalue weighted by atomic mass is 32.1. The van der Waals surface area contributed by atoms with Gasteiger partial charge in [-0.3, -0.25) is 9.59 Å². The summed E-state index contributed by atoms with van der Waals surface area (Å²) in [5.74, 6) is 0.324. The number of amides is 2. The second kappa shape index (κ2) is 9.88. The predicted octanol–water partition coefficient (Wildman–Crippen LogP) is 2.94. The lowest BCUT2D eigenvalue weighted by Crippen LogP contribution is -2.18. The van der Waals surface area contributed by atoms with Crippen LogP contribution in [0.3, 0.4) is 0 Å². The number of aromatic nitrogens is 1. The molecule has 2 aromatic rings. The molecule has 0 bridgehead atoms. The number of nitrogens with zero attached hydrogens (tertiary/aromatic N) is 1. The Bertz CT molecular complexity index is 728. The molecular formula is C18H23N3O4S. The normalized spacial score (nSPS) is 10.6. The van der Waals surface area contributed by atoms with Gasteiger partial charge in [0.25, 0.3) is 0 Å². The minimum Gasteiger partial charge on any atom is -0.491 e. The predicted molar refractivity (Wildman–Crippen MR) is 102 cm³/mol. The summed E-state index contributed by atoms with van der Waals surface area (Å²) in [5.41, 5.74) is 1.30. The van der Waals surface area contributed by atoms with Crippen molar-refractivity contribution < 1.29 is 19.1 Å². The van der Waals surface area contributed by atoms with Crippen LogP contribution in [0.15, 0.2) is 29.6 Å². The lowest BCUT2D eigenvalue weighted by Gasteiger charge is -2.07. The zero-order valence-electron chi connectivity index (χ0n) is 15.1. The first-order valence-electron chi connectivity index (χ1n) is 8.25. The molecule has 2 rings (SSSR count). The number of rotatable bonds is 9. The van der Waals surface area contributed by atoms with Crippen LogP contribution in [-0.4, -0.2) is 37.1 Å². The third-order valence-corrected chi connectivity index (χ3v) is 4.15. The smallest absolute Gasteiger partial charge is 0.230 e. The average Bonchev–Trinajstić information content (AvgIpc) is 3.03. The number of benzene rings is 1. The zero-order valence-corrected chi connectivity index (χ0v) is 15.9. The molecule has 140 valence electrons. The van der Waals surface area contributed by atoms with E-state index in [2.05, 4.69) is 15.6 Å². The molecule has 0 aliphatic carbocycles. The van der Waals surface area contributed by atoms with Crippen molar-refractivity contribution in [1.29, 1.82) is 0 Å². The van der Waals surface area contributed by atoms with E-state index in [9.17, 15) is 9.59 Å². The Morgan fingerprint density at radius 2 is 1.88 bits per heavy atom. The maximum absolute atomic E-state index is 12.1. The van der Waals surface area contributed by atoms with E-state index in [1.807, 2.05) is 13.8 Å². The number of anilines is 2. The van der Waals surface area contributed by atoms with Crippen LogP contribution in [0.25, 0.3) is 0 Å². The molecule has 1 aromatic carbocycles. The summed E-state index contributed by atoms with van der Waals surface area (Å²) < 4.78 is 10.4. The van der Waals surface area contributed by atoms with Crippen LogP contribution in [0.4, 0.5) is 10.8 Å². The average molecular weight is 377 g/mol. The molecule has 0 atom stereocenters. The van der Waals surface area contributed by atoms with E-state index >= 15 is 0 Å².